The van der Waals surface area contributed by atoms with Crippen molar-refractivity contribution in [1.29, 1.82) is 0 Å². The van der Waals surface area contributed by atoms with Crippen LogP contribution in [0.15, 0.2) is 170 Å². The van der Waals surface area contributed by atoms with Gasteiger partial charge in [-0.15, -0.1) is 0 Å². The Bertz CT molecular complexity index is 2870. The van der Waals surface area contributed by atoms with E-state index in [-0.39, 0.29) is 0 Å². The van der Waals surface area contributed by atoms with E-state index in [1.54, 1.807) is 0 Å². The molecular formula is C45H28N4. The van der Waals surface area contributed by atoms with Crippen LogP contribution in [0.5, 0.6) is 0 Å². The van der Waals surface area contributed by atoms with Crippen molar-refractivity contribution >= 4 is 54.1 Å². The van der Waals surface area contributed by atoms with Gasteiger partial charge in [-0.05, 0) is 68.7 Å². The molecule has 0 amide bonds. The summed E-state index contributed by atoms with van der Waals surface area (Å²) in [6.45, 7) is 0. The molecule has 10 rings (SSSR count). The van der Waals surface area contributed by atoms with Crippen molar-refractivity contribution in [3.63, 3.8) is 0 Å². The van der Waals surface area contributed by atoms with Crippen LogP contribution in [0, 0.1) is 0 Å². The lowest BCUT2D eigenvalue weighted by Gasteiger charge is -2.12. The third-order valence-electron chi connectivity index (χ3n) is 9.60. The summed E-state index contributed by atoms with van der Waals surface area (Å²) >= 11 is 0. The fourth-order valence-corrected chi connectivity index (χ4v) is 7.27. The number of hydrogen-bond donors (Lipinski definition) is 0. The van der Waals surface area contributed by atoms with Crippen molar-refractivity contribution in [2.24, 2.45) is 0 Å². The van der Waals surface area contributed by atoms with E-state index in [1.165, 1.54) is 37.8 Å². The van der Waals surface area contributed by atoms with E-state index in [4.69, 9.17) is 15.0 Å². The predicted molar refractivity (Wildman–Crippen MR) is 203 cm³/mol. The molecule has 2 heterocycles. The number of aromatic nitrogens is 4. The van der Waals surface area contributed by atoms with Crippen molar-refractivity contribution in [2.45, 2.75) is 0 Å². The molecule has 8 aromatic carbocycles. The van der Waals surface area contributed by atoms with E-state index in [2.05, 4.69) is 156 Å². The second-order valence-corrected chi connectivity index (χ2v) is 12.5. The maximum atomic E-state index is 5.21. The molecule has 0 atom stereocenters. The van der Waals surface area contributed by atoms with Gasteiger partial charge in [-0.3, -0.25) is 0 Å². The van der Waals surface area contributed by atoms with Gasteiger partial charge < -0.3 is 4.57 Å². The Hall–Kier alpha value is -6.65. The SMILES string of the molecule is c1ccc(-c2nc(-c3ccc4ccc5ccccc5c4c3)nc(-c3cccc4cc5c6ccccc6n(-c6ccccc6)c5cc34)n2)cc1. The van der Waals surface area contributed by atoms with Gasteiger partial charge in [-0.2, -0.15) is 0 Å². The Morgan fingerprint density at radius 3 is 1.80 bits per heavy atom. The zero-order valence-corrected chi connectivity index (χ0v) is 26.5. The Morgan fingerprint density at radius 1 is 0.327 bits per heavy atom. The summed E-state index contributed by atoms with van der Waals surface area (Å²) in [7, 11) is 0. The fraction of sp³-hybridized carbons (Fsp3) is 0. The molecule has 0 unspecified atom stereocenters. The average Bonchev–Trinajstić information content (AvgIpc) is 3.50. The number of benzene rings is 8. The topological polar surface area (TPSA) is 43.6 Å². The summed E-state index contributed by atoms with van der Waals surface area (Å²) in [5, 5.41) is 9.47. The minimum absolute atomic E-state index is 0.647. The second-order valence-electron chi connectivity index (χ2n) is 12.5. The van der Waals surface area contributed by atoms with Gasteiger partial charge in [0.25, 0.3) is 0 Å². The molecule has 10 aromatic rings. The summed E-state index contributed by atoms with van der Waals surface area (Å²) in [6.07, 6.45) is 0. The normalized spacial score (nSPS) is 11.7. The molecule has 0 saturated carbocycles. The smallest absolute Gasteiger partial charge is 0.164 e. The van der Waals surface area contributed by atoms with Crippen LogP contribution >= 0.6 is 0 Å². The van der Waals surface area contributed by atoms with Gasteiger partial charge in [-0.25, -0.2) is 15.0 Å². The van der Waals surface area contributed by atoms with Gasteiger partial charge in [0.05, 0.1) is 11.0 Å². The average molecular weight is 625 g/mol. The van der Waals surface area contributed by atoms with Gasteiger partial charge in [0.15, 0.2) is 17.5 Å². The summed E-state index contributed by atoms with van der Waals surface area (Å²) in [5.74, 6) is 1.94. The summed E-state index contributed by atoms with van der Waals surface area (Å²) in [4.78, 5) is 15.4. The molecule has 0 saturated heterocycles. The van der Waals surface area contributed by atoms with Crippen LogP contribution in [0.1, 0.15) is 0 Å². The first-order valence-electron chi connectivity index (χ1n) is 16.5. The maximum Gasteiger partial charge on any atom is 0.164 e. The van der Waals surface area contributed by atoms with Gasteiger partial charge in [0, 0.05) is 33.2 Å². The zero-order chi connectivity index (χ0) is 32.3. The molecule has 0 N–H and O–H groups in total. The van der Waals surface area contributed by atoms with Crippen molar-refractivity contribution < 1.29 is 0 Å². The van der Waals surface area contributed by atoms with E-state index in [1.807, 2.05) is 18.2 Å². The first kappa shape index (κ1) is 27.5. The summed E-state index contributed by atoms with van der Waals surface area (Å²) in [5.41, 5.74) is 6.33. The Balaban J connectivity index is 1.24. The molecule has 2 aromatic heterocycles. The Kier molecular flexibility index (Phi) is 6.15. The van der Waals surface area contributed by atoms with Crippen LogP contribution in [0.4, 0.5) is 0 Å². The molecule has 0 aliphatic rings. The lowest BCUT2D eigenvalue weighted by molar-refractivity contribution is 1.08. The van der Waals surface area contributed by atoms with Crippen molar-refractivity contribution in [2.75, 3.05) is 0 Å². The van der Waals surface area contributed by atoms with Gasteiger partial charge in [-0.1, -0.05) is 133 Å². The highest BCUT2D eigenvalue weighted by atomic mass is 15.0. The molecule has 4 nitrogen and oxygen atoms in total. The minimum Gasteiger partial charge on any atom is -0.309 e. The second kappa shape index (κ2) is 11.0. The number of nitrogens with zero attached hydrogens (tertiary/aromatic N) is 4. The van der Waals surface area contributed by atoms with Gasteiger partial charge >= 0.3 is 0 Å². The van der Waals surface area contributed by atoms with Crippen LogP contribution in [-0.4, -0.2) is 19.5 Å². The summed E-state index contributed by atoms with van der Waals surface area (Å²) < 4.78 is 2.36. The Morgan fingerprint density at radius 2 is 0.959 bits per heavy atom. The van der Waals surface area contributed by atoms with Crippen LogP contribution in [0.25, 0.3) is 94.0 Å². The van der Waals surface area contributed by atoms with Crippen molar-refractivity contribution in [1.82, 2.24) is 19.5 Å². The van der Waals surface area contributed by atoms with E-state index in [0.29, 0.717) is 17.5 Å². The van der Waals surface area contributed by atoms with Crippen LogP contribution in [0.3, 0.4) is 0 Å². The van der Waals surface area contributed by atoms with E-state index in [0.717, 1.165) is 38.7 Å². The van der Waals surface area contributed by atoms with Crippen LogP contribution in [0.2, 0.25) is 0 Å². The molecule has 228 valence electrons. The minimum atomic E-state index is 0.647. The molecule has 49 heavy (non-hydrogen) atoms. The van der Waals surface area contributed by atoms with E-state index >= 15 is 0 Å². The largest absolute Gasteiger partial charge is 0.309 e. The highest BCUT2D eigenvalue weighted by Gasteiger charge is 2.18. The molecular weight excluding hydrogens is 597 g/mol. The third-order valence-corrected chi connectivity index (χ3v) is 9.60. The number of rotatable bonds is 4. The Labute approximate surface area is 282 Å². The molecule has 0 spiro atoms. The molecule has 0 aliphatic heterocycles. The number of fused-ring (bicyclic) bond motifs is 7. The van der Waals surface area contributed by atoms with Gasteiger partial charge in [0.1, 0.15) is 0 Å². The zero-order valence-electron chi connectivity index (χ0n) is 26.5. The van der Waals surface area contributed by atoms with Crippen LogP contribution < -0.4 is 0 Å². The first-order chi connectivity index (χ1) is 24.3. The molecule has 0 fully saturated rings. The summed E-state index contributed by atoms with van der Waals surface area (Å²) in [6, 6.07) is 59.8. The lowest BCUT2D eigenvalue weighted by Crippen LogP contribution is -2.00. The molecule has 0 bridgehead atoms. The first-order valence-corrected chi connectivity index (χ1v) is 16.5. The lowest BCUT2D eigenvalue weighted by atomic mass is 9.99. The highest BCUT2D eigenvalue weighted by Crippen LogP contribution is 2.38. The monoisotopic (exact) mass is 624 g/mol. The number of para-hydroxylation sites is 2. The standard InChI is InChI=1S/C45H28N4/c1-3-13-31(14-4-1)43-46-44(33-25-24-30-23-22-29-12-7-8-18-35(29)38(30)27-33)48-45(47-43)37-20-11-15-32-26-40-36-19-9-10-21-41(36)49(42(40)28-39(32)37)34-16-5-2-6-17-34/h1-28H. The molecule has 0 aliphatic carbocycles. The molecule has 0 radical (unpaired) electrons. The van der Waals surface area contributed by atoms with E-state index in [9.17, 15) is 0 Å². The maximum absolute atomic E-state index is 5.21. The predicted octanol–water partition coefficient (Wildman–Crippen LogP) is 11.4. The fourth-order valence-electron chi connectivity index (χ4n) is 7.27. The quantitative estimate of drug-likeness (QED) is 0.183. The van der Waals surface area contributed by atoms with Crippen LogP contribution in [-0.2, 0) is 0 Å². The van der Waals surface area contributed by atoms with E-state index < -0.39 is 0 Å². The molecule has 4 heteroatoms. The highest BCUT2D eigenvalue weighted by molar-refractivity contribution is 6.15. The number of hydrogen-bond acceptors (Lipinski definition) is 3. The van der Waals surface area contributed by atoms with Crippen molar-refractivity contribution in [3.8, 4) is 39.9 Å². The third kappa shape index (κ3) is 4.49. The van der Waals surface area contributed by atoms with Crippen molar-refractivity contribution in [3.05, 3.63) is 170 Å². The van der Waals surface area contributed by atoms with Gasteiger partial charge in [0.2, 0.25) is 0 Å².